The van der Waals surface area contributed by atoms with Gasteiger partial charge in [-0.15, -0.1) is 0 Å². The summed E-state index contributed by atoms with van der Waals surface area (Å²) >= 11 is 0. The fraction of sp³-hybridized carbons (Fsp3) is 0.857. The van der Waals surface area contributed by atoms with E-state index in [9.17, 15) is 9.59 Å². The summed E-state index contributed by atoms with van der Waals surface area (Å²) in [5.41, 5.74) is 5.60. The normalized spacial score (nSPS) is 26.2. The van der Waals surface area contributed by atoms with Gasteiger partial charge < -0.3 is 29.9 Å². The molecule has 0 aromatic heterocycles. The number of ether oxygens (including phenoxy) is 2. The minimum absolute atomic E-state index is 0.0733. The van der Waals surface area contributed by atoms with Crippen LogP contribution in [0.25, 0.3) is 0 Å². The van der Waals surface area contributed by atoms with E-state index in [0.717, 1.165) is 77.9 Å². The molecule has 0 aliphatic carbocycles. The van der Waals surface area contributed by atoms with E-state index in [0.29, 0.717) is 12.3 Å². The highest BCUT2D eigenvalue weighted by molar-refractivity contribution is 5.74. The lowest BCUT2D eigenvalue weighted by Crippen LogP contribution is -2.54. The number of likely N-dealkylation sites (tertiary alicyclic amines) is 1. The SMILES string of the molecule is COC(=O)CCCN1CCN(C2OC(=O)N(C)C2CCC2CCN(C(=N)N)CC2)CC1. The first kappa shape index (κ1) is 23.6. The molecule has 2 atom stereocenters. The van der Waals surface area contributed by atoms with Gasteiger partial charge in [-0.2, -0.15) is 0 Å². The number of nitrogens with zero attached hydrogens (tertiary/aromatic N) is 4. The molecule has 3 rings (SSSR count). The molecule has 0 spiro atoms. The monoisotopic (exact) mass is 438 g/mol. The van der Waals surface area contributed by atoms with Crippen molar-refractivity contribution in [2.24, 2.45) is 11.7 Å². The number of amides is 1. The second kappa shape index (κ2) is 11.0. The number of piperazine rings is 1. The van der Waals surface area contributed by atoms with E-state index in [1.165, 1.54) is 7.11 Å². The van der Waals surface area contributed by atoms with Crippen molar-refractivity contribution in [1.82, 2.24) is 19.6 Å². The zero-order valence-electron chi connectivity index (χ0n) is 18.9. The molecule has 0 bridgehead atoms. The molecular formula is C21H38N6O4. The average Bonchev–Trinajstić information content (AvgIpc) is 3.06. The summed E-state index contributed by atoms with van der Waals surface area (Å²) in [6, 6.07) is 0.0733. The second-order valence-electron chi connectivity index (χ2n) is 8.90. The Labute approximate surface area is 185 Å². The first-order valence-corrected chi connectivity index (χ1v) is 11.4. The maximum atomic E-state index is 12.3. The molecule has 3 aliphatic rings. The highest BCUT2D eigenvalue weighted by Gasteiger charge is 2.43. The van der Waals surface area contributed by atoms with Crippen molar-refractivity contribution >= 4 is 18.0 Å². The van der Waals surface area contributed by atoms with Crippen LogP contribution in [0.3, 0.4) is 0 Å². The van der Waals surface area contributed by atoms with Gasteiger partial charge in [0.05, 0.1) is 13.2 Å². The molecule has 0 aromatic rings. The van der Waals surface area contributed by atoms with Gasteiger partial charge in [-0.05, 0) is 44.6 Å². The molecule has 176 valence electrons. The first-order valence-electron chi connectivity index (χ1n) is 11.4. The van der Waals surface area contributed by atoms with Crippen molar-refractivity contribution in [1.29, 1.82) is 5.41 Å². The van der Waals surface area contributed by atoms with E-state index in [-0.39, 0.29) is 30.3 Å². The zero-order chi connectivity index (χ0) is 22.4. The number of carbonyl (C=O) groups excluding carboxylic acids is 2. The first-order chi connectivity index (χ1) is 14.9. The molecule has 3 fully saturated rings. The minimum atomic E-state index is -0.234. The summed E-state index contributed by atoms with van der Waals surface area (Å²) in [5, 5.41) is 7.57. The summed E-state index contributed by atoms with van der Waals surface area (Å²) < 4.78 is 10.5. The van der Waals surface area contributed by atoms with E-state index in [2.05, 4.69) is 9.80 Å². The summed E-state index contributed by atoms with van der Waals surface area (Å²) in [7, 11) is 3.26. The number of nitrogens with two attached hydrogens (primary N) is 1. The lowest BCUT2D eigenvalue weighted by atomic mass is 9.90. The van der Waals surface area contributed by atoms with Crippen LogP contribution in [-0.2, 0) is 14.3 Å². The lowest BCUT2D eigenvalue weighted by molar-refractivity contribution is -0.140. The van der Waals surface area contributed by atoms with Gasteiger partial charge in [0.25, 0.3) is 0 Å². The Kier molecular flexibility index (Phi) is 8.36. The van der Waals surface area contributed by atoms with Crippen LogP contribution in [0, 0.1) is 11.3 Å². The molecule has 0 aromatic carbocycles. The molecule has 3 saturated heterocycles. The number of carbonyl (C=O) groups is 2. The van der Waals surface area contributed by atoms with Crippen LogP contribution in [0.15, 0.2) is 0 Å². The van der Waals surface area contributed by atoms with Crippen molar-refractivity contribution in [2.45, 2.75) is 50.8 Å². The molecule has 31 heavy (non-hydrogen) atoms. The zero-order valence-corrected chi connectivity index (χ0v) is 18.9. The van der Waals surface area contributed by atoms with Gasteiger partial charge in [-0.25, -0.2) is 4.79 Å². The van der Waals surface area contributed by atoms with Crippen LogP contribution in [0.1, 0.15) is 38.5 Å². The number of piperidine rings is 1. The fourth-order valence-electron chi connectivity index (χ4n) is 4.91. The number of esters is 1. The quantitative estimate of drug-likeness (QED) is 0.324. The van der Waals surface area contributed by atoms with Crippen molar-refractivity contribution in [2.75, 3.05) is 60.0 Å². The van der Waals surface area contributed by atoms with Crippen LogP contribution < -0.4 is 5.73 Å². The number of nitrogens with one attached hydrogen (secondary N) is 1. The third-order valence-corrected chi connectivity index (χ3v) is 7.01. The molecular weight excluding hydrogens is 400 g/mol. The van der Waals surface area contributed by atoms with Crippen molar-refractivity contribution in [3.63, 3.8) is 0 Å². The molecule has 0 radical (unpaired) electrons. The Bertz CT molecular complexity index is 631. The van der Waals surface area contributed by atoms with E-state index >= 15 is 0 Å². The Hall–Kier alpha value is -2.07. The maximum Gasteiger partial charge on any atom is 0.411 e. The minimum Gasteiger partial charge on any atom is -0.469 e. The van der Waals surface area contributed by atoms with Crippen LogP contribution in [0.5, 0.6) is 0 Å². The highest BCUT2D eigenvalue weighted by atomic mass is 16.6. The Morgan fingerprint density at radius 2 is 1.84 bits per heavy atom. The molecule has 1 amide bonds. The second-order valence-corrected chi connectivity index (χ2v) is 8.90. The number of hydrogen-bond acceptors (Lipinski definition) is 7. The third-order valence-electron chi connectivity index (χ3n) is 7.01. The molecule has 2 unspecified atom stereocenters. The predicted molar refractivity (Wildman–Crippen MR) is 117 cm³/mol. The fourth-order valence-corrected chi connectivity index (χ4v) is 4.91. The smallest absolute Gasteiger partial charge is 0.411 e. The van der Waals surface area contributed by atoms with Gasteiger partial charge in [0, 0.05) is 52.7 Å². The van der Waals surface area contributed by atoms with Crippen LogP contribution in [0.2, 0.25) is 0 Å². The van der Waals surface area contributed by atoms with Gasteiger partial charge in [0.15, 0.2) is 12.2 Å². The number of rotatable bonds is 8. The van der Waals surface area contributed by atoms with E-state index < -0.39 is 0 Å². The summed E-state index contributed by atoms with van der Waals surface area (Å²) in [4.78, 5) is 31.9. The number of likely N-dealkylation sites (N-methyl/N-ethyl adjacent to an activating group) is 1. The van der Waals surface area contributed by atoms with Gasteiger partial charge in [0.1, 0.15) is 0 Å². The molecule has 3 heterocycles. The average molecular weight is 439 g/mol. The van der Waals surface area contributed by atoms with Gasteiger partial charge >= 0.3 is 12.1 Å². The van der Waals surface area contributed by atoms with Crippen LogP contribution in [0.4, 0.5) is 4.79 Å². The summed E-state index contributed by atoms with van der Waals surface area (Å²) in [5.74, 6) is 0.610. The predicted octanol–water partition coefficient (Wildman–Crippen LogP) is 0.720. The number of methoxy groups -OCH3 is 1. The summed E-state index contributed by atoms with van der Waals surface area (Å²) in [6.45, 7) is 6.11. The van der Waals surface area contributed by atoms with Gasteiger partial charge in [0.2, 0.25) is 0 Å². The Balaban J connectivity index is 1.44. The molecule has 10 nitrogen and oxygen atoms in total. The van der Waals surface area contributed by atoms with Crippen molar-refractivity contribution in [3.8, 4) is 0 Å². The van der Waals surface area contributed by atoms with E-state index in [4.69, 9.17) is 20.6 Å². The molecule has 0 saturated carbocycles. The number of guanidine groups is 1. The Morgan fingerprint density at radius 3 is 2.45 bits per heavy atom. The van der Waals surface area contributed by atoms with Crippen LogP contribution in [-0.4, -0.2) is 110 Å². The molecule has 3 N–H and O–H groups in total. The van der Waals surface area contributed by atoms with E-state index in [1.807, 2.05) is 11.9 Å². The molecule has 10 heteroatoms. The number of cyclic esters (lactones) is 1. The van der Waals surface area contributed by atoms with Crippen molar-refractivity contribution in [3.05, 3.63) is 0 Å². The number of hydrogen-bond donors (Lipinski definition) is 2. The topological polar surface area (TPSA) is 115 Å². The highest BCUT2D eigenvalue weighted by Crippen LogP contribution is 2.29. The van der Waals surface area contributed by atoms with Crippen LogP contribution >= 0.6 is 0 Å². The van der Waals surface area contributed by atoms with Gasteiger partial charge in [-0.1, -0.05) is 0 Å². The largest absolute Gasteiger partial charge is 0.469 e. The van der Waals surface area contributed by atoms with Gasteiger partial charge in [-0.3, -0.25) is 15.1 Å². The Morgan fingerprint density at radius 1 is 1.16 bits per heavy atom. The lowest BCUT2D eigenvalue weighted by Gasteiger charge is -2.39. The summed E-state index contributed by atoms with van der Waals surface area (Å²) in [6.07, 6.45) is 4.90. The van der Waals surface area contributed by atoms with E-state index in [1.54, 1.807) is 4.90 Å². The standard InChI is InChI=1S/C21H38N6O4/c1-24-17(6-5-16-7-10-27(11-8-16)20(22)23)19(31-21(24)29)26-14-12-25(13-15-26)9-3-4-18(28)30-2/h16-17,19H,3-15H2,1-2H3,(H3,22,23). The molecule has 3 aliphatic heterocycles. The third kappa shape index (κ3) is 6.22. The van der Waals surface area contributed by atoms with Crippen molar-refractivity contribution < 1.29 is 19.1 Å². The maximum absolute atomic E-state index is 12.3.